The molecule has 0 amide bonds. The van der Waals surface area contributed by atoms with Crippen LogP contribution in [0.3, 0.4) is 0 Å². The van der Waals surface area contributed by atoms with E-state index < -0.39 is 0 Å². The fourth-order valence-corrected chi connectivity index (χ4v) is 3.96. The van der Waals surface area contributed by atoms with Crippen molar-refractivity contribution in [3.05, 3.63) is 45.7 Å². The summed E-state index contributed by atoms with van der Waals surface area (Å²) in [6, 6.07) is 7.76. The lowest BCUT2D eigenvalue weighted by Gasteiger charge is -2.17. The van der Waals surface area contributed by atoms with Gasteiger partial charge in [0.05, 0.1) is 6.54 Å². The van der Waals surface area contributed by atoms with Gasteiger partial charge in [0.1, 0.15) is 5.01 Å². The first kappa shape index (κ1) is 16.7. The number of fused-ring (bicyclic) bond motifs is 1. The second kappa shape index (κ2) is 7.64. The lowest BCUT2D eigenvalue weighted by Crippen LogP contribution is -2.25. The molecule has 0 saturated carbocycles. The minimum Gasteiger partial charge on any atom is -0.296 e. The Bertz CT molecular complexity index is 859. The maximum atomic E-state index is 5.92. The highest BCUT2D eigenvalue weighted by molar-refractivity contribution is 7.17. The largest absolute Gasteiger partial charge is 0.296 e. The van der Waals surface area contributed by atoms with Gasteiger partial charge in [0.2, 0.25) is 4.96 Å². The molecule has 0 bridgehead atoms. The van der Waals surface area contributed by atoms with Crippen molar-refractivity contribution in [1.82, 2.24) is 24.7 Å². The third-order valence-electron chi connectivity index (χ3n) is 4.42. The molecule has 4 rings (SSSR count). The summed E-state index contributed by atoms with van der Waals surface area (Å²) in [7, 11) is 0. The first-order chi connectivity index (χ1) is 12.3. The van der Waals surface area contributed by atoms with Crippen LogP contribution in [0.25, 0.3) is 17.1 Å². The second-order valence-electron chi connectivity index (χ2n) is 6.33. The molecule has 1 fully saturated rings. The minimum atomic E-state index is 0.745. The van der Waals surface area contributed by atoms with Gasteiger partial charge in [0, 0.05) is 5.02 Å². The molecule has 1 aliphatic heterocycles. The molecule has 1 saturated heterocycles. The van der Waals surface area contributed by atoms with Crippen molar-refractivity contribution in [2.45, 2.75) is 32.2 Å². The highest BCUT2D eigenvalue weighted by atomic mass is 35.5. The normalized spacial score (nSPS) is 16.7. The van der Waals surface area contributed by atoms with E-state index in [2.05, 4.69) is 20.2 Å². The number of halogens is 1. The molecule has 0 atom stereocenters. The number of hydrogen-bond donors (Lipinski definition) is 0. The Labute approximate surface area is 155 Å². The fraction of sp³-hybridized carbons (Fsp3) is 0.389. The molecule has 0 radical (unpaired) electrons. The molecule has 0 N–H and O–H groups in total. The topological polar surface area (TPSA) is 46.3 Å². The van der Waals surface area contributed by atoms with Gasteiger partial charge in [-0.05, 0) is 49.7 Å². The molecule has 130 valence electrons. The van der Waals surface area contributed by atoms with Crippen LogP contribution < -0.4 is 0 Å². The van der Waals surface area contributed by atoms with E-state index in [-0.39, 0.29) is 0 Å². The number of likely N-dealkylation sites (tertiary alicyclic amines) is 1. The maximum absolute atomic E-state index is 5.92. The summed E-state index contributed by atoms with van der Waals surface area (Å²) in [6.07, 6.45) is 9.27. The van der Waals surface area contributed by atoms with E-state index in [9.17, 15) is 0 Å². The lowest BCUT2D eigenvalue weighted by molar-refractivity contribution is 0.268. The fourth-order valence-electron chi connectivity index (χ4n) is 3.07. The Morgan fingerprint density at radius 2 is 1.76 bits per heavy atom. The third-order valence-corrected chi connectivity index (χ3v) is 5.54. The summed E-state index contributed by atoms with van der Waals surface area (Å²) < 4.78 is 1.89. The molecule has 7 heteroatoms. The van der Waals surface area contributed by atoms with E-state index >= 15 is 0 Å². The van der Waals surface area contributed by atoms with Crippen LogP contribution in [0.2, 0.25) is 5.02 Å². The summed E-state index contributed by atoms with van der Waals surface area (Å²) in [6.45, 7) is 3.11. The Balaban J connectivity index is 1.50. The molecule has 1 aromatic carbocycles. The molecular weight excluding hydrogens is 354 g/mol. The quantitative estimate of drug-likeness (QED) is 0.680. The van der Waals surface area contributed by atoms with E-state index in [0.29, 0.717) is 0 Å². The molecule has 25 heavy (non-hydrogen) atoms. The molecule has 5 nitrogen and oxygen atoms in total. The van der Waals surface area contributed by atoms with Crippen molar-refractivity contribution in [3.63, 3.8) is 0 Å². The summed E-state index contributed by atoms with van der Waals surface area (Å²) in [4.78, 5) is 3.31. The third kappa shape index (κ3) is 4.08. The van der Waals surface area contributed by atoms with Crippen molar-refractivity contribution >= 4 is 40.1 Å². The van der Waals surface area contributed by atoms with E-state index in [0.717, 1.165) is 46.0 Å². The number of hydrogen-bond acceptors (Lipinski definition) is 5. The summed E-state index contributed by atoms with van der Waals surface area (Å²) in [5, 5.41) is 15.0. The van der Waals surface area contributed by atoms with Crippen molar-refractivity contribution < 1.29 is 0 Å². The highest BCUT2D eigenvalue weighted by Crippen LogP contribution is 2.19. The van der Waals surface area contributed by atoms with Crippen LogP contribution in [0.4, 0.5) is 0 Å². The molecule has 3 heterocycles. The number of benzene rings is 1. The van der Waals surface area contributed by atoms with Gasteiger partial charge in [-0.15, -0.1) is 10.2 Å². The first-order valence-corrected chi connectivity index (χ1v) is 9.84. The molecule has 0 unspecified atom stereocenters. The van der Waals surface area contributed by atoms with E-state index in [1.165, 1.54) is 25.7 Å². The maximum Gasteiger partial charge on any atom is 0.235 e. The zero-order chi connectivity index (χ0) is 17.1. The Morgan fingerprint density at radius 1 is 1.00 bits per heavy atom. The second-order valence-corrected chi connectivity index (χ2v) is 7.75. The van der Waals surface area contributed by atoms with Gasteiger partial charge in [-0.2, -0.15) is 9.61 Å². The van der Waals surface area contributed by atoms with E-state index in [1.807, 2.05) is 40.9 Å². The average Bonchev–Trinajstić information content (AvgIpc) is 3.07. The van der Waals surface area contributed by atoms with Gasteiger partial charge in [0.25, 0.3) is 0 Å². The van der Waals surface area contributed by atoms with Crippen molar-refractivity contribution in [2.75, 3.05) is 13.1 Å². The van der Waals surface area contributed by atoms with Gasteiger partial charge >= 0.3 is 0 Å². The first-order valence-electron chi connectivity index (χ1n) is 8.65. The summed E-state index contributed by atoms with van der Waals surface area (Å²) in [5.74, 6) is 0.930. The van der Waals surface area contributed by atoms with Gasteiger partial charge in [-0.25, -0.2) is 0 Å². The zero-order valence-electron chi connectivity index (χ0n) is 13.9. The van der Waals surface area contributed by atoms with Crippen LogP contribution in [0.5, 0.6) is 0 Å². The van der Waals surface area contributed by atoms with Gasteiger partial charge in [0.15, 0.2) is 5.82 Å². The molecule has 0 spiro atoms. The highest BCUT2D eigenvalue weighted by Gasteiger charge is 2.15. The van der Waals surface area contributed by atoms with Gasteiger partial charge < -0.3 is 0 Å². The standard InChI is InChI=1S/C18H20ClN5S/c19-15-8-5-14(6-9-15)7-10-17-22-24-16(20-21-18(24)25-17)13-23-11-3-1-2-4-12-23/h5-10H,1-4,11-13H2. The number of rotatable bonds is 4. The molecule has 1 aliphatic rings. The lowest BCUT2D eigenvalue weighted by atomic mass is 10.2. The SMILES string of the molecule is Clc1ccc(C=Cc2nn3c(CN4CCCCCC4)nnc3s2)cc1. The molecular formula is C18H20ClN5S. The van der Waals surface area contributed by atoms with Crippen molar-refractivity contribution in [1.29, 1.82) is 0 Å². The predicted molar refractivity (Wildman–Crippen MR) is 103 cm³/mol. The molecule has 0 aliphatic carbocycles. The van der Waals surface area contributed by atoms with Crippen LogP contribution in [0.15, 0.2) is 24.3 Å². The average molecular weight is 374 g/mol. The van der Waals surface area contributed by atoms with Crippen molar-refractivity contribution in [2.24, 2.45) is 0 Å². The molecule has 3 aromatic rings. The number of aromatic nitrogens is 4. The Kier molecular flexibility index (Phi) is 5.10. The Hall–Kier alpha value is -1.76. The van der Waals surface area contributed by atoms with Crippen molar-refractivity contribution in [3.8, 4) is 0 Å². The predicted octanol–water partition coefficient (Wildman–Crippen LogP) is 4.39. The van der Waals surface area contributed by atoms with E-state index in [4.69, 9.17) is 11.6 Å². The van der Waals surface area contributed by atoms with Crippen LogP contribution in [0.1, 0.15) is 42.1 Å². The Morgan fingerprint density at radius 3 is 2.52 bits per heavy atom. The van der Waals surface area contributed by atoms with Gasteiger partial charge in [-0.3, -0.25) is 4.90 Å². The smallest absolute Gasteiger partial charge is 0.235 e. The molecule has 2 aromatic heterocycles. The van der Waals surface area contributed by atoms with Crippen LogP contribution in [-0.2, 0) is 6.54 Å². The zero-order valence-corrected chi connectivity index (χ0v) is 15.5. The van der Waals surface area contributed by atoms with Crippen LogP contribution in [0, 0.1) is 0 Å². The van der Waals surface area contributed by atoms with Crippen LogP contribution in [-0.4, -0.2) is 37.8 Å². The minimum absolute atomic E-state index is 0.745. The van der Waals surface area contributed by atoms with Crippen LogP contribution >= 0.6 is 22.9 Å². The summed E-state index contributed by atoms with van der Waals surface area (Å²) in [5.41, 5.74) is 1.10. The number of nitrogens with zero attached hydrogens (tertiary/aromatic N) is 5. The monoisotopic (exact) mass is 373 g/mol. The van der Waals surface area contributed by atoms with Gasteiger partial charge in [-0.1, -0.05) is 54.0 Å². The van der Waals surface area contributed by atoms with E-state index in [1.54, 1.807) is 11.3 Å². The summed E-state index contributed by atoms with van der Waals surface area (Å²) >= 11 is 7.47.